The highest BCUT2D eigenvalue weighted by Crippen LogP contribution is 2.44. The smallest absolute Gasteiger partial charge is 0.409 e. The van der Waals surface area contributed by atoms with Crippen LogP contribution in [0.1, 0.15) is 37.9 Å². The van der Waals surface area contributed by atoms with Gasteiger partial charge in [-0.3, -0.25) is 9.88 Å². The van der Waals surface area contributed by atoms with E-state index in [0.29, 0.717) is 5.92 Å². The first-order valence-corrected chi connectivity index (χ1v) is 10.6. The molecule has 0 aliphatic carbocycles. The predicted molar refractivity (Wildman–Crippen MR) is 113 cm³/mol. The Bertz CT molecular complexity index is 885. The molecule has 3 aliphatic rings. The van der Waals surface area contributed by atoms with Crippen molar-refractivity contribution in [2.75, 3.05) is 34.3 Å². The van der Waals surface area contributed by atoms with Gasteiger partial charge in [0, 0.05) is 37.8 Å². The number of carbonyl (C=O) groups is 1. The van der Waals surface area contributed by atoms with Crippen LogP contribution in [0.25, 0.3) is 10.9 Å². The highest BCUT2D eigenvalue weighted by Gasteiger charge is 2.44. The monoisotopic (exact) mass is 397 g/mol. The Balaban J connectivity index is 1.76. The molecule has 1 amide bonds. The Morgan fingerprint density at radius 2 is 2.17 bits per heavy atom. The molecule has 5 atom stereocenters. The molecule has 156 valence electrons. The number of amides is 1. The second-order valence-electron chi connectivity index (χ2n) is 8.50. The molecule has 3 aliphatic heterocycles. The summed E-state index contributed by atoms with van der Waals surface area (Å²) in [6.07, 6.45) is 4.70. The molecule has 0 N–H and O–H groups in total. The highest BCUT2D eigenvalue weighted by atomic mass is 16.6. The van der Waals surface area contributed by atoms with Gasteiger partial charge in [0.15, 0.2) is 0 Å². The SMILES string of the molecule is CC[C@H]1CN2CC[C@H]1C[C@H]2[C@H](OC(=O)N(C)C)c1ccnc2ccc(OC)cc12. The van der Waals surface area contributed by atoms with Crippen molar-refractivity contribution >= 4 is 17.0 Å². The van der Waals surface area contributed by atoms with Crippen LogP contribution >= 0.6 is 0 Å². The molecule has 6 heteroatoms. The number of aromatic nitrogens is 1. The van der Waals surface area contributed by atoms with Crippen LogP contribution in [0.2, 0.25) is 0 Å². The standard InChI is InChI=1S/C23H31N3O3/c1-5-15-14-26-11-9-16(15)12-21(26)22(29-23(27)25(2)3)18-8-10-24-20-7-6-17(28-4)13-19(18)20/h6-8,10,13,15-16,21-22H,5,9,11-12,14H2,1-4H3/t15-,16-,21-,22+/m0/s1. The number of pyridine rings is 1. The van der Waals surface area contributed by atoms with E-state index in [9.17, 15) is 4.79 Å². The number of piperidine rings is 3. The van der Waals surface area contributed by atoms with Gasteiger partial charge in [-0.15, -0.1) is 0 Å². The molecule has 0 spiro atoms. The van der Waals surface area contributed by atoms with Gasteiger partial charge in [-0.05, 0) is 55.5 Å². The van der Waals surface area contributed by atoms with Crippen LogP contribution in [0, 0.1) is 11.8 Å². The molecule has 4 heterocycles. The summed E-state index contributed by atoms with van der Waals surface area (Å²) >= 11 is 0. The minimum atomic E-state index is -0.330. The fourth-order valence-corrected chi connectivity index (χ4v) is 5.04. The summed E-state index contributed by atoms with van der Waals surface area (Å²) in [6, 6.07) is 8.06. The summed E-state index contributed by atoms with van der Waals surface area (Å²) < 4.78 is 11.6. The summed E-state index contributed by atoms with van der Waals surface area (Å²) in [4.78, 5) is 21.2. The molecule has 1 aromatic carbocycles. The van der Waals surface area contributed by atoms with Crippen molar-refractivity contribution in [3.05, 3.63) is 36.0 Å². The van der Waals surface area contributed by atoms with Crippen LogP contribution in [0.15, 0.2) is 30.5 Å². The number of fused-ring (bicyclic) bond motifs is 4. The zero-order valence-corrected chi connectivity index (χ0v) is 17.8. The number of rotatable bonds is 5. The molecule has 1 aromatic heterocycles. The van der Waals surface area contributed by atoms with Crippen molar-refractivity contribution in [3.63, 3.8) is 0 Å². The maximum absolute atomic E-state index is 12.6. The lowest BCUT2D eigenvalue weighted by molar-refractivity contribution is -0.0641. The quantitative estimate of drug-likeness (QED) is 0.760. The number of hydrogen-bond donors (Lipinski definition) is 0. The van der Waals surface area contributed by atoms with Gasteiger partial charge >= 0.3 is 6.09 Å². The van der Waals surface area contributed by atoms with E-state index >= 15 is 0 Å². The van der Waals surface area contributed by atoms with Gasteiger partial charge in [0.25, 0.3) is 0 Å². The van der Waals surface area contributed by atoms with E-state index in [4.69, 9.17) is 9.47 Å². The van der Waals surface area contributed by atoms with Crippen molar-refractivity contribution in [1.82, 2.24) is 14.8 Å². The first-order chi connectivity index (χ1) is 14.0. The number of methoxy groups -OCH3 is 1. The molecular weight excluding hydrogens is 366 g/mol. The van der Waals surface area contributed by atoms with E-state index in [0.717, 1.165) is 47.6 Å². The van der Waals surface area contributed by atoms with Crippen molar-refractivity contribution < 1.29 is 14.3 Å². The molecule has 0 radical (unpaired) electrons. The summed E-state index contributed by atoms with van der Waals surface area (Å²) in [5, 5.41) is 0.984. The van der Waals surface area contributed by atoms with Gasteiger partial charge in [-0.25, -0.2) is 4.79 Å². The van der Waals surface area contributed by atoms with E-state index < -0.39 is 0 Å². The first kappa shape index (κ1) is 20.0. The second-order valence-corrected chi connectivity index (χ2v) is 8.50. The van der Waals surface area contributed by atoms with Crippen LogP contribution in [-0.4, -0.2) is 61.2 Å². The van der Waals surface area contributed by atoms with Crippen molar-refractivity contribution in [3.8, 4) is 5.75 Å². The Hall–Kier alpha value is -2.34. The fraction of sp³-hybridized carbons (Fsp3) is 0.565. The summed E-state index contributed by atoms with van der Waals surface area (Å²) in [5.41, 5.74) is 1.89. The average Bonchev–Trinajstić information content (AvgIpc) is 2.76. The molecule has 3 saturated heterocycles. The van der Waals surface area contributed by atoms with Crippen molar-refractivity contribution in [2.24, 2.45) is 11.8 Å². The molecule has 29 heavy (non-hydrogen) atoms. The maximum atomic E-state index is 12.6. The fourth-order valence-electron chi connectivity index (χ4n) is 5.04. The van der Waals surface area contributed by atoms with E-state index in [1.54, 1.807) is 21.2 Å². The third kappa shape index (κ3) is 3.78. The zero-order chi connectivity index (χ0) is 20.5. The Morgan fingerprint density at radius 3 is 2.83 bits per heavy atom. The molecule has 3 fully saturated rings. The average molecular weight is 398 g/mol. The minimum absolute atomic E-state index is 0.192. The Kier molecular flexibility index (Phi) is 5.63. The van der Waals surface area contributed by atoms with Gasteiger partial charge < -0.3 is 14.4 Å². The summed E-state index contributed by atoms with van der Waals surface area (Å²) in [5.74, 6) is 2.23. The van der Waals surface area contributed by atoms with Gasteiger partial charge in [-0.2, -0.15) is 0 Å². The number of ether oxygens (including phenoxy) is 2. The zero-order valence-electron chi connectivity index (χ0n) is 17.8. The van der Waals surface area contributed by atoms with Crippen LogP contribution in [0.5, 0.6) is 5.75 Å². The van der Waals surface area contributed by atoms with Gasteiger partial charge in [0.05, 0.1) is 18.7 Å². The molecular formula is C23H31N3O3. The lowest BCUT2D eigenvalue weighted by atomic mass is 9.72. The Labute approximate surface area is 172 Å². The second kappa shape index (κ2) is 8.19. The molecule has 6 nitrogen and oxygen atoms in total. The van der Waals surface area contributed by atoms with Crippen LogP contribution in [0.3, 0.4) is 0 Å². The maximum Gasteiger partial charge on any atom is 0.409 e. The van der Waals surface area contributed by atoms with Crippen molar-refractivity contribution in [1.29, 1.82) is 0 Å². The lowest BCUT2D eigenvalue weighted by Gasteiger charge is -2.51. The summed E-state index contributed by atoms with van der Waals surface area (Å²) in [7, 11) is 5.12. The number of carbonyl (C=O) groups excluding carboxylic acids is 1. The van der Waals surface area contributed by atoms with Crippen molar-refractivity contribution in [2.45, 2.75) is 38.3 Å². The van der Waals surface area contributed by atoms with E-state index in [2.05, 4.69) is 16.8 Å². The van der Waals surface area contributed by atoms with E-state index in [-0.39, 0.29) is 18.2 Å². The van der Waals surface area contributed by atoms with E-state index in [1.165, 1.54) is 17.7 Å². The van der Waals surface area contributed by atoms with Gasteiger partial charge in [-0.1, -0.05) is 13.3 Å². The largest absolute Gasteiger partial charge is 0.497 e. The van der Waals surface area contributed by atoms with Gasteiger partial charge in [0.2, 0.25) is 0 Å². The molecule has 0 saturated carbocycles. The molecule has 2 bridgehead atoms. The molecule has 5 rings (SSSR count). The first-order valence-electron chi connectivity index (χ1n) is 10.6. The number of benzene rings is 1. The van der Waals surface area contributed by atoms with Crippen LogP contribution in [0.4, 0.5) is 4.79 Å². The predicted octanol–water partition coefficient (Wildman–Crippen LogP) is 4.10. The van der Waals surface area contributed by atoms with Gasteiger partial charge in [0.1, 0.15) is 11.9 Å². The number of nitrogens with zero attached hydrogens (tertiary/aromatic N) is 3. The topological polar surface area (TPSA) is 54.9 Å². The molecule has 2 aromatic rings. The summed E-state index contributed by atoms with van der Waals surface area (Å²) in [6.45, 7) is 4.45. The third-order valence-corrected chi connectivity index (χ3v) is 6.69. The molecule has 1 unspecified atom stereocenters. The van der Waals surface area contributed by atoms with Crippen LogP contribution in [-0.2, 0) is 4.74 Å². The highest BCUT2D eigenvalue weighted by molar-refractivity contribution is 5.84. The third-order valence-electron chi connectivity index (χ3n) is 6.69. The minimum Gasteiger partial charge on any atom is -0.497 e. The van der Waals surface area contributed by atoms with E-state index in [1.807, 2.05) is 30.5 Å². The Morgan fingerprint density at radius 1 is 1.34 bits per heavy atom. The van der Waals surface area contributed by atoms with Crippen LogP contribution < -0.4 is 4.74 Å². The number of hydrogen-bond acceptors (Lipinski definition) is 5. The lowest BCUT2D eigenvalue weighted by Crippen LogP contribution is -2.55. The normalized spacial score (nSPS) is 26.9.